The van der Waals surface area contributed by atoms with Crippen LogP contribution in [0.4, 0.5) is 5.69 Å². The Bertz CT molecular complexity index is 799. The lowest BCUT2D eigenvalue weighted by atomic mass is 10.1. The maximum atomic E-state index is 12.1. The molecule has 0 radical (unpaired) electrons. The van der Waals surface area contributed by atoms with Gasteiger partial charge in [0.1, 0.15) is 0 Å². The van der Waals surface area contributed by atoms with Crippen molar-refractivity contribution in [3.63, 3.8) is 0 Å². The van der Waals surface area contributed by atoms with Gasteiger partial charge in [0.2, 0.25) is 5.91 Å². The average Bonchev–Trinajstić information content (AvgIpc) is 3.09. The Morgan fingerprint density at radius 2 is 2.00 bits per heavy atom. The first-order valence-corrected chi connectivity index (χ1v) is 10.6. The van der Waals surface area contributed by atoms with Gasteiger partial charge in [-0.15, -0.1) is 11.3 Å². The van der Waals surface area contributed by atoms with Crippen molar-refractivity contribution in [1.82, 2.24) is 10.6 Å². The summed E-state index contributed by atoms with van der Waals surface area (Å²) in [5.74, 6) is 0.843. The van der Waals surface area contributed by atoms with Gasteiger partial charge < -0.3 is 16.0 Å². The molecule has 0 saturated carbocycles. The van der Waals surface area contributed by atoms with Gasteiger partial charge in [0, 0.05) is 47.4 Å². The van der Waals surface area contributed by atoms with Crippen LogP contribution in [0.1, 0.15) is 42.5 Å². The van der Waals surface area contributed by atoms with E-state index in [0.29, 0.717) is 6.54 Å². The second kappa shape index (κ2) is 10.9. The molecular weight excluding hydrogens is 368 g/mol. The first-order chi connectivity index (χ1) is 13.4. The number of anilines is 1. The summed E-state index contributed by atoms with van der Waals surface area (Å²) in [4.78, 5) is 19.1. The van der Waals surface area contributed by atoms with Crippen molar-refractivity contribution >= 4 is 28.9 Å². The number of aryl methyl sites for hydroxylation is 1. The van der Waals surface area contributed by atoms with E-state index >= 15 is 0 Å². The Morgan fingerprint density at radius 1 is 1.21 bits per heavy atom. The summed E-state index contributed by atoms with van der Waals surface area (Å²) in [6, 6.07) is 12.5. The molecular formula is C22H32N4OS. The predicted octanol–water partition coefficient (Wildman–Crippen LogP) is 4.34. The molecule has 28 heavy (non-hydrogen) atoms. The molecule has 0 saturated heterocycles. The maximum Gasteiger partial charge on any atom is 0.227 e. The number of nitrogens with zero attached hydrogens (tertiary/aromatic N) is 1. The Balaban J connectivity index is 1.87. The Morgan fingerprint density at radius 3 is 2.64 bits per heavy atom. The number of hydrogen-bond acceptors (Lipinski definition) is 3. The van der Waals surface area contributed by atoms with E-state index < -0.39 is 0 Å². The molecule has 3 N–H and O–H groups in total. The zero-order valence-electron chi connectivity index (χ0n) is 17.5. The Labute approximate surface area is 172 Å². The molecule has 0 bridgehead atoms. The van der Waals surface area contributed by atoms with Crippen LogP contribution in [0.3, 0.4) is 0 Å². The highest BCUT2D eigenvalue weighted by Gasteiger charge is 2.11. The number of carbonyl (C=O) groups excluding carboxylic acids is 1. The second-order valence-corrected chi connectivity index (χ2v) is 8.56. The van der Waals surface area contributed by atoms with Crippen LogP contribution >= 0.6 is 11.3 Å². The van der Waals surface area contributed by atoms with Gasteiger partial charge in [-0.05, 0) is 50.1 Å². The number of benzene rings is 1. The van der Waals surface area contributed by atoms with Gasteiger partial charge in [0.25, 0.3) is 0 Å². The molecule has 1 aromatic carbocycles. The molecule has 2 aromatic rings. The number of guanidine groups is 1. The maximum absolute atomic E-state index is 12.1. The molecule has 1 amide bonds. The Kier molecular flexibility index (Phi) is 8.51. The van der Waals surface area contributed by atoms with Gasteiger partial charge >= 0.3 is 0 Å². The topological polar surface area (TPSA) is 65.5 Å². The van der Waals surface area contributed by atoms with Gasteiger partial charge in [-0.1, -0.05) is 26.0 Å². The summed E-state index contributed by atoms with van der Waals surface area (Å²) < 4.78 is 0. The van der Waals surface area contributed by atoms with Crippen molar-refractivity contribution < 1.29 is 4.79 Å². The molecule has 2 atom stereocenters. The smallest absolute Gasteiger partial charge is 0.227 e. The molecule has 1 aromatic heterocycles. The van der Waals surface area contributed by atoms with Crippen LogP contribution in [0.2, 0.25) is 0 Å². The van der Waals surface area contributed by atoms with E-state index in [4.69, 9.17) is 0 Å². The molecule has 152 valence electrons. The summed E-state index contributed by atoms with van der Waals surface area (Å²) in [7, 11) is 1.78. The van der Waals surface area contributed by atoms with Gasteiger partial charge in [-0.25, -0.2) is 0 Å². The van der Waals surface area contributed by atoms with Gasteiger partial charge in [-0.3, -0.25) is 9.79 Å². The number of aliphatic imine (C=N–C) groups is 1. The molecule has 1 heterocycles. The van der Waals surface area contributed by atoms with E-state index in [1.807, 2.05) is 49.4 Å². The standard InChI is InChI=1S/C22H32N4OS/c1-6-15(2)21(27)26-19-9-7-8-18(13-19)14-24-22(23-5)25-16(3)12-20-11-10-17(4)28-20/h7-11,13,15-16H,6,12,14H2,1-5H3,(H,26,27)(H2,23,24,25). The first kappa shape index (κ1) is 22.0. The number of rotatable bonds is 8. The minimum atomic E-state index is 0.0124. The fraction of sp³-hybridized carbons (Fsp3) is 0.455. The Hall–Kier alpha value is -2.34. The van der Waals surface area contributed by atoms with E-state index in [2.05, 4.69) is 46.9 Å². The summed E-state index contributed by atoms with van der Waals surface area (Å²) >= 11 is 1.84. The largest absolute Gasteiger partial charge is 0.354 e. The van der Waals surface area contributed by atoms with Crippen molar-refractivity contribution in [3.8, 4) is 0 Å². The fourth-order valence-electron chi connectivity index (χ4n) is 2.77. The van der Waals surface area contributed by atoms with E-state index in [1.165, 1.54) is 9.75 Å². The quantitative estimate of drug-likeness (QED) is 0.456. The minimum Gasteiger partial charge on any atom is -0.354 e. The van der Waals surface area contributed by atoms with Crippen LogP contribution < -0.4 is 16.0 Å². The van der Waals surface area contributed by atoms with E-state index in [9.17, 15) is 4.79 Å². The molecule has 0 aliphatic rings. The SMILES string of the molecule is CCC(C)C(=O)Nc1cccc(CNC(=NC)NC(C)Cc2ccc(C)s2)c1. The van der Waals surface area contributed by atoms with Gasteiger partial charge in [0.15, 0.2) is 5.96 Å². The summed E-state index contributed by atoms with van der Waals surface area (Å²) in [5.41, 5.74) is 1.92. The van der Waals surface area contributed by atoms with Crippen LogP contribution in [-0.4, -0.2) is 25.0 Å². The minimum absolute atomic E-state index is 0.0124. The first-order valence-electron chi connectivity index (χ1n) is 9.83. The molecule has 0 aliphatic carbocycles. The summed E-state index contributed by atoms with van der Waals surface area (Å²) in [5, 5.41) is 9.78. The van der Waals surface area contributed by atoms with Gasteiger partial charge in [0.05, 0.1) is 0 Å². The lowest BCUT2D eigenvalue weighted by Crippen LogP contribution is -2.42. The number of carbonyl (C=O) groups is 1. The lowest BCUT2D eigenvalue weighted by molar-refractivity contribution is -0.119. The molecule has 5 nitrogen and oxygen atoms in total. The van der Waals surface area contributed by atoms with Crippen LogP contribution in [0.15, 0.2) is 41.4 Å². The monoisotopic (exact) mass is 400 g/mol. The van der Waals surface area contributed by atoms with Crippen LogP contribution in [0.25, 0.3) is 0 Å². The molecule has 0 aliphatic heterocycles. The van der Waals surface area contributed by atoms with Crippen LogP contribution in [0.5, 0.6) is 0 Å². The third-order valence-corrected chi connectivity index (χ3v) is 5.65. The second-order valence-electron chi connectivity index (χ2n) is 7.19. The average molecular weight is 401 g/mol. The number of nitrogens with one attached hydrogen (secondary N) is 3. The molecule has 0 spiro atoms. The highest BCUT2D eigenvalue weighted by Crippen LogP contribution is 2.17. The van der Waals surface area contributed by atoms with Crippen molar-refractivity contribution in [1.29, 1.82) is 0 Å². The van der Waals surface area contributed by atoms with Crippen molar-refractivity contribution in [3.05, 3.63) is 51.7 Å². The van der Waals surface area contributed by atoms with E-state index in [1.54, 1.807) is 7.05 Å². The highest BCUT2D eigenvalue weighted by atomic mass is 32.1. The van der Waals surface area contributed by atoms with E-state index in [-0.39, 0.29) is 17.9 Å². The van der Waals surface area contributed by atoms with Gasteiger partial charge in [-0.2, -0.15) is 0 Å². The summed E-state index contributed by atoms with van der Waals surface area (Å²) in [6.07, 6.45) is 1.80. The molecule has 2 rings (SSSR count). The number of thiophene rings is 1. The van der Waals surface area contributed by atoms with Crippen molar-refractivity contribution in [2.75, 3.05) is 12.4 Å². The summed E-state index contributed by atoms with van der Waals surface area (Å²) in [6.45, 7) is 8.88. The third kappa shape index (κ3) is 7.00. The zero-order chi connectivity index (χ0) is 20.5. The van der Waals surface area contributed by atoms with Crippen molar-refractivity contribution in [2.24, 2.45) is 10.9 Å². The predicted molar refractivity (Wildman–Crippen MR) is 120 cm³/mol. The zero-order valence-corrected chi connectivity index (χ0v) is 18.3. The number of hydrogen-bond donors (Lipinski definition) is 3. The fourth-order valence-corrected chi connectivity index (χ4v) is 3.79. The normalized spacial score (nSPS) is 13.7. The molecule has 0 fully saturated rings. The molecule has 6 heteroatoms. The van der Waals surface area contributed by atoms with Crippen LogP contribution in [0, 0.1) is 12.8 Å². The van der Waals surface area contributed by atoms with E-state index in [0.717, 1.165) is 30.1 Å². The highest BCUT2D eigenvalue weighted by molar-refractivity contribution is 7.11. The third-order valence-electron chi connectivity index (χ3n) is 4.62. The van der Waals surface area contributed by atoms with Crippen molar-refractivity contribution in [2.45, 2.75) is 53.1 Å². The number of amides is 1. The van der Waals surface area contributed by atoms with Crippen LogP contribution in [-0.2, 0) is 17.8 Å². The lowest BCUT2D eigenvalue weighted by Gasteiger charge is -2.18. The molecule has 2 unspecified atom stereocenters.